The molecule has 0 bridgehead atoms. The van der Waals surface area contributed by atoms with E-state index in [1.807, 2.05) is 12.3 Å². The molecular formula is C14H17N3S. The number of hydrogen-bond donors (Lipinski definition) is 1. The minimum atomic E-state index is 0.232. The van der Waals surface area contributed by atoms with Crippen LogP contribution < -0.4 is 5.32 Å². The van der Waals surface area contributed by atoms with E-state index in [1.54, 1.807) is 18.1 Å². The Labute approximate surface area is 112 Å². The van der Waals surface area contributed by atoms with Crippen LogP contribution in [0.1, 0.15) is 24.1 Å². The van der Waals surface area contributed by atoms with Crippen LogP contribution in [0.3, 0.4) is 0 Å². The van der Waals surface area contributed by atoms with Crippen LogP contribution in [0.2, 0.25) is 0 Å². The van der Waals surface area contributed by atoms with Gasteiger partial charge in [-0.05, 0) is 25.7 Å². The first kappa shape index (κ1) is 12.9. The molecule has 0 fully saturated rings. The van der Waals surface area contributed by atoms with E-state index in [4.69, 9.17) is 0 Å². The molecule has 0 radical (unpaired) electrons. The van der Waals surface area contributed by atoms with E-state index in [9.17, 15) is 0 Å². The Kier molecular flexibility index (Phi) is 4.20. The van der Waals surface area contributed by atoms with Crippen LogP contribution >= 0.6 is 11.8 Å². The summed E-state index contributed by atoms with van der Waals surface area (Å²) in [4.78, 5) is 8.40. The monoisotopic (exact) mass is 259 g/mol. The van der Waals surface area contributed by atoms with Crippen LogP contribution in [0, 0.1) is 6.92 Å². The van der Waals surface area contributed by atoms with Crippen LogP contribution in [0.5, 0.6) is 0 Å². The summed E-state index contributed by atoms with van der Waals surface area (Å²) >= 11 is 1.62. The number of nitrogens with one attached hydrogen (secondary N) is 1. The fourth-order valence-electron chi connectivity index (χ4n) is 1.69. The summed E-state index contributed by atoms with van der Waals surface area (Å²) in [5.41, 5.74) is 2.53. The first-order valence-electron chi connectivity index (χ1n) is 5.88. The predicted octanol–water partition coefficient (Wildman–Crippen LogP) is 3.68. The van der Waals surface area contributed by atoms with Gasteiger partial charge in [0.05, 0.1) is 0 Å². The fraction of sp³-hybridized carbons (Fsp3) is 0.286. The lowest BCUT2D eigenvalue weighted by atomic mass is 10.1. The summed E-state index contributed by atoms with van der Waals surface area (Å²) in [5, 5.41) is 4.36. The third-order valence-corrected chi connectivity index (χ3v) is 3.43. The van der Waals surface area contributed by atoms with Gasteiger partial charge in [0.2, 0.25) is 0 Å². The van der Waals surface area contributed by atoms with Crippen molar-refractivity contribution in [2.24, 2.45) is 0 Å². The number of benzene rings is 1. The third-order valence-electron chi connectivity index (χ3n) is 2.79. The quantitative estimate of drug-likeness (QED) is 0.671. The van der Waals surface area contributed by atoms with Gasteiger partial charge in [-0.3, -0.25) is 0 Å². The first-order valence-corrected chi connectivity index (χ1v) is 7.10. The molecule has 1 aromatic carbocycles. The molecule has 0 aliphatic rings. The SMILES string of the molecule is CSc1cc(NC(C)c2ccc(C)cc2)ncn1. The summed E-state index contributed by atoms with van der Waals surface area (Å²) in [5.74, 6) is 0.863. The lowest BCUT2D eigenvalue weighted by molar-refractivity contribution is 0.866. The topological polar surface area (TPSA) is 37.8 Å². The number of aromatic nitrogens is 2. The van der Waals surface area contributed by atoms with Crippen molar-refractivity contribution in [3.8, 4) is 0 Å². The molecule has 0 spiro atoms. The standard InChI is InChI=1S/C14H17N3S/c1-10-4-6-12(7-5-10)11(2)17-13-8-14(18-3)16-9-15-13/h4-9,11H,1-3H3,(H,15,16,17). The van der Waals surface area contributed by atoms with Crippen molar-refractivity contribution in [3.63, 3.8) is 0 Å². The van der Waals surface area contributed by atoms with Crippen LogP contribution in [0.4, 0.5) is 5.82 Å². The maximum Gasteiger partial charge on any atom is 0.130 e. The zero-order valence-electron chi connectivity index (χ0n) is 10.8. The predicted molar refractivity (Wildman–Crippen MR) is 77.0 cm³/mol. The highest BCUT2D eigenvalue weighted by molar-refractivity contribution is 7.98. The molecule has 2 rings (SSSR count). The number of hydrogen-bond acceptors (Lipinski definition) is 4. The van der Waals surface area contributed by atoms with Crippen molar-refractivity contribution in [1.82, 2.24) is 9.97 Å². The average Bonchev–Trinajstić information content (AvgIpc) is 2.39. The van der Waals surface area contributed by atoms with Gasteiger partial charge < -0.3 is 5.32 Å². The highest BCUT2D eigenvalue weighted by Gasteiger charge is 2.06. The lowest BCUT2D eigenvalue weighted by Crippen LogP contribution is -2.08. The molecule has 1 N–H and O–H groups in total. The van der Waals surface area contributed by atoms with Gasteiger partial charge in [-0.2, -0.15) is 0 Å². The Morgan fingerprint density at radius 2 is 1.89 bits per heavy atom. The highest BCUT2D eigenvalue weighted by atomic mass is 32.2. The van der Waals surface area contributed by atoms with E-state index in [0.29, 0.717) is 0 Å². The number of aryl methyl sites for hydroxylation is 1. The van der Waals surface area contributed by atoms with Crippen LogP contribution in [-0.2, 0) is 0 Å². The van der Waals surface area contributed by atoms with Crippen molar-refractivity contribution in [2.45, 2.75) is 24.9 Å². The van der Waals surface area contributed by atoms with Crippen molar-refractivity contribution < 1.29 is 0 Å². The van der Waals surface area contributed by atoms with Crippen molar-refractivity contribution >= 4 is 17.6 Å². The normalized spacial score (nSPS) is 12.2. The van der Waals surface area contributed by atoms with Crippen molar-refractivity contribution in [3.05, 3.63) is 47.8 Å². The molecule has 1 unspecified atom stereocenters. The molecule has 1 heterocycles. The number of rotatable bonds is 4. The van der Waals surface area contributed by atoms with Gasteiger partial charge in [0.1, 0.15) is 17.2 Å². The van der Waals surface area contributed by atoms with E-state index in [1.165, 1.54) is 11.1 Å². The first-order chi connectivity index (χ1) is 8.69. The average molecular weight is 259 g/mol. The van der Waals surface area contributed by atoms with Crippen molar-refractivity contribution in [1.29, 1.82) is 0 Å². The second kappa shape index (κ2) is 5.87. The minimum Gasteiger partial charge on any atom is -0.363 e. The largest absolute Gasteiger partial charge is 0.363 e. The Hall–Kier alpha value is -1.55. The zero-order chi connectivity index (χ0) is 13.0. The molecule has 1 atom stereocenters. The van der Waals surface area contributed by atoms with Gasteiger partial charge in [0.25, 0.3) is 0 Å². The number of nitrogens with zero attached hydrogens (tertiary/aromatic N) is 2. The van der Waals surface area contributed by atoms with Gasteiger partial charge in [0, 0.05) is 12.1 Å². The van der Waals surface area contributed by atoms with E-state index in [2.05, 4.69) is 53.4 Å². The van der Waals surface area contributed by atoms with Crippen molar-refractivity contribution in [2.75, 3.05) is 11.6 Å². The Morgan fingerprint density at radius 1 is 1.17 bits per heavy atom. The Balaban J connectivity index is 2.10. The van der Waals surface area contributed by atoms with Crippen LogP contribution in [0.15, 0.2) is 41.7 Å². The molecule has 1 aromatic heterocycles. The Morgan fingerprint density at radius 3 is 2.56 bits per heavy atom. The smallest absolute Gasteiger partial charge is 0.130 e. The number of thioether (sulfide) groups is 1. The molecule has 4 heteroatoms. The Bertz CT molecular complexity index is 511. The second-order valence-corrected chi connectivity index (χ2v) is 5.05. The van der Waals surface area contributed by atoms with Gasteiger partial charge in [0.15, 0.2) is 0 Å². The van der Waals surface area contributed by atoms with Gasteiger partial charge >= 0.3 is 0 Å². The summed E-state index contributed by atoms with van der Waals surface area (Å²) in [7, 11) is 0. The third kappa shape index (κ3) is 3.23. The molecule has 0 aliphatic heterocycles. The van der Waals surface area contributed by atoms with Gasteiger partial charge in [-0.1, -0.05) is 29.8 Å². The summed E-state index contributed by atoms with van der Waals surface area (Å²) < 4.78 is 0. The molecule has 18 heavy (non-hydrogen) atoms. The molecule has 0 aliphatic carbocycles. The summed E-state index contributed by atoms with van der Waals surface area (Å²) in [6, 6.07) is 10.7. The molecule has 0 saturated carbocycles. The zero-order valence-corrected chi connectivity index (χ0v) is 11.7. The van der Waals surface area contributed by atoms with E-state index in [0.717, 1.165) is 10.8 Å². The molecule has 2 aromatic rings. The van der Waals surface area contributed by atoms with Gasteiger partial charge in [-0.25, -0.2) is 9.97 Å². The summed E-state index contributed by atoms with van der Waals surface area (Å²) in [6.45, 7) is 4.22. The molecule has 0 saturated heterocycles. The maximum absolute atomic E-state index is 4.23. The molecule has 94 valence electrons. The maximum atomic E-state index is 4.23. The van der Waals surface area contributed by atoms with Crippen LogP contribution in [0.25, 0.3) is 0 Å². The molecular weight excluding hydrogens is 242 g/mol. The fourth-order valence-corrected chi connectivity index (χ4v) is 2.07. The highest BCUT2D eigenvalue weighted by Crippen LogP contribution is 2.20. The molecule has 0 amide bonds. The second-order valence-electron chi connectivity index (χ2n) is 4.22. The van der Waals surface area contributed by atoms with Gasteiger partial charge in [-0.15, -0.1) is 11.8 Å². The van der Waals surface area contributed by atoms with E-state index >= 15 is 0 Å². The lowest BCUT2D eigenvalue weighted by Gasteiger charge is -2.15. The van der Waals surface area contributed by atoms with E-state index in [-0.39, 0.29) is 6.04 Å². The minimum absolute atomic E-state index is 0.232. The summed E-state index contributed by atoms with van der Waals surface area (Å²) in [6.07, 6.45) is 3.60. The number of anilines is 1. The molecule has 3 nitrogen and oxygen atoms in total. The van der Waals surface area contributed by atoms with E-state index < -0.39 is 0 Å². The van der Waals surface area contributed by atoms with Crippen LogP contribution in [-0.4, -0.2) is 16.2 Å².